The van der Waals surface area contributed by atoms with Gasteiger partial charge in [-0.05, 0) is 68.2 Å². The van der Waals surface area contributed by atoms with Crippen molar-refractivity contribution >= 4 is 28.6 Å². The van der Waals surface area contributed by atoms with Crippen molar-refractivity contribution in [2.75, 3.05) is 20.2 Å². The first-order valence-corrected chi connectivity index (χ1v) is 13.4. The number of fused-ring (bicyclic) bond motifs is 1. The van der Waals surface area contributed by atoms with Gasteiger partial charge in [-0.1, -0.05) is 19.3 Å². The van der Waals surface area contributed by atoms with E-state index in [0.29, 0.717) is 37.4 Å². The maximum atomic E-state index is 13.8. The lowest BCUT2D eigenvalue weighted by molar-refractivity contribution is -0.128. The van der Waals surface area contributed by atoms with Crippen molar-refractivity contribution in [3.8, 4) is 11.8 Å². The number of rotatable bonds is 6. The number of nitrogens with one attached hydrogen (secondary N) is 3. The fourth-order valence-electron chi connectivity index (χ4n) is 6.43. The molecule has 1 saturated carbocycles. The fourth-order valence-corrected chi connectivity index (χ4v) is 6.43. The van der Waals surface area contributed by atoms with Crippen molar-refractivity contribution in [1.82, 2.24) is 20.5 Å². The van der Waals surface area contributed by atoms with E-state index in [-0.39, 0.29) is 35.5 Å². The summed E-state index contributed by atoms with van der Waals surface area (Å²) in [7, 11) is 1.60. The van der Waals surface area contributed by atoms with Crippen LogP contribution in [0.25, 0.3) is 10.9 Å². The maximum absolute atomic E-state index is 13.8. The number of piperidine rings is 1. The maximum Gasteiger partial charge on any atom is 0.271 e. The number of amides is 3. The molecule has 0 radical (unpaired) electrons. The fraction of sp³-hybridized carbons (Fsp3) is 0.571. The minimum Gasteiger partial charge on any atom is -0.497 e. The van der Waals surface area contributed by atoms with Gasteiger partial charge in [0.25, 0.3) is 5.91 Å². The van der Waals surface area contributed by atoms with Crippen LogP contribution >= 0.6 is 0 Å². The molecule has 1 spiro atoms. The van der Waals surface area contributed by atoms with Crippen LogP contribution in [0.15, 0.2) is 24.3 Å². The molecule has 37 heavy (non-hydrogen) atoms. The Kier molecular flexibility index (Phi) is 7.09. The topological polar surface area (TPSA) is 127 Å². The SMILES string of the molecule is COc1ccc2[nH]c(C(=O)N3CC4(CCCCC4)CC3C(=O)NC(C#N)CC3CCCNC3=O)cc2c1. The molecule has 3 atom stereocenters. The third kappa shape index (κ3) is 5.15. The molecule has 3 heterocycles. The molecule has 2 aliphatic heterocycles. The molecule has 1 aliphatic carbocycles. The van der Waals surface area contributed by atoms with E-state index >= 15 is 0 Å². The van der Waals surface area contributed by atoms with Gasteiger partial charge in [0.05, 0.1) is 13.2 Å². The van der Waals surface area contributed by atoms with Crippen molar-refractivity contribution in [3.05, 3.63) is 30.0 Å². The van der Waals surface area contributed by atoms with Gasteiger partial charge in [0, 0.05) is 29.9 Å². The van der Waals surface area contributed by atoms with E-state index in [1.165, 1.54) is 6.42 Å². The van der Waals surface area contributed by atoms with Crippen molar-refractivity contribution in [1.29, 1.82) is 5.26 Å². The molecule has 196 valence electrons. The van der Waals surface area contributed by atoms with Crippen molar-refractivity contribution in [2.45, 2.75) is 69.9 Å². The molecular formula is C28H35N5O4. The molecule has 3 N–H and O–H groups in total. The largest absolute Gasteiger partial charge is 0.497 e. The Morgan fingerprint density at radius 2 is 2.05 bits per heavy atom. The van der Waals surface area contributed by atoms with E-state index in [1.807, 2.05) is 18.2 Å². The minimum absolute atomic E-state index is 0.0602. The highest BCUT2D eigenvalue weighted by Gasteiger charge is 2.49. The molecule has 9 nitrogen and oxygen atoms in total. The first-order chi connectivity index (χ1) is 17.9. The van der Waals surface area contributed by atoms with Gasteiger partial charge >= 0.3 is 0 Å². The normalized spacial score (nSPS) is 23.9. The van der Waals surface area contributed by atoms with E-state index in [4.69, 9.17) is 4.74 Å². The summed E-state index contributed by atoms with van der Waals surface area (Å²) in [4.78, 5) is 44.5. The molecule has 1 aromatic heterocycles. The van der Waals surface area contributed by atoms with Gasteiger partial charge in [0.2, 0.25) is 11.8 Å². The number of ether oxygens (including phenoxy) is 1. The zero-order valence-corrected chi connectivity index (χ0v) is 21.3. The molecular weight excluding hydrogens is 470 g/mol. The second kappa shape index (κ2) is 10.4. The number of methoxy groups -OCH3 is 1. The number of aromatic nitrogens is 1. The number of carbonyl (C=O) groups excluding carboxylic acids is 3. The lowest BCUT2D eigenvalue weighted by Gasteiger charge is -2.32. The van der Waals surface area contributed by atoms with E-state index in [2.05, 4.69) is 21.7 Å². The first-order valence-electron chi connectivity index (χ1n) is 13.4. The molecule has 2 aromatic rings. The van der Waals surface area contributed by atoms with Crippen LogP contribution in [0.2, 0.25) is 0 Å². The van der Waals surface area contributed by atoms with E-state index in [1.54, 1.807) is 18.1 Å². The van der Waals surface area contributed by atoms with Crippen molar-refractivity contribution in [2.24, 2.45) is 11.3 Å². The Bertz CT molecular complexity index is 1220. The molecule has 3 fully saturated rings. The number of carbonyl (C=O) groups is 3. The van der Waals surface area contributed by atoms with Crippen LogP contribution in [0.4, 0.5) is 0 Å². The number of hydrogen-bond donors (Lipinski definition) is 3. The molecule has 0 bridgehead atoms. The number of aromatic amines is 1. The highest BCUT2D eigenvalue weighted by atomic mass is 16.5. The van der Waals surface area contributed by atoms with Gasteiger partial charge in [0.15, 0.2) is 0 Å². The second-order valence-corrected chi connectivity index (χ2v) is 10.9. The van der Waals surface area contributed by atoms with Crippen LogP contribution in [0.5, 0.6) is 5.75 Å². The number of H-pyrrole nitrogens is 1. The van der Waals surface area contributed by atoms with Gasteiger partial charge in [-0.2, -0.15) is 5.26 Å². The van der Waals surface area contributed by atoms with Gasteiger partial charge < -0.3 is 25.3 Å². The quantitative estimate of drug-likeness (QED) is 0.555. The average molecular weight is 506 g/mol. The smallest absolute Gasteiger partial charge is 0.271 e. The van der Waals surface area contributed by atoms with Crippen LogP contribution in [0, 0.1) is 22.7 Å². The van der Waals surface area contributed by atoms with Gasteiger partial charge in [-0.25, -0.2) is 0 Å². The van der Waals surface area contributed by atoms with Crippen LogP contribution in [0.1, 0.15) is 68.3 Å². The zero-order chi connectivity index (χ0) is 26.0. The number of hydrogen-bond acceptors (Lipinski definition) is 5. The second-order valence-electron chi connectivity index (χ2n) is 10.9. The molecule has 5 rings (SSSR count). The Morgan fingerprint density at radius 1 is 1.24 bits per heavy atom. The third-order valence-electron chi connectivity index (χ3n) is 8.44. The summed E-state index contributed by atoms with van der Waals surface area (Å²) < 4.78 is 5.31. The van der Waals surface area contributed by atoms with E-state index in [9.17, 15) is 19.6 Å². The Balaban J connectivity index is 1.36. The summed E-state index contributed by atoms with van der Waals surface area (Å²) in [5.74, 6) is -0.156. The standard InChI is InChI=1S/C28H35N5O4/c1-37-21-7-8-22-19(13-21)14-23(32-22)27(36)33-17-28(9-3-2-4-10-28)15-24(33)26(35)31-20(16-29)12-18-6-5-11-30-25(18)34/h7-8,13-14,18,20,24,32H,2-6,9-12,15,17H2,1H3,(H,30,34)(H,31,35). The van der Waals surface area contributed by atoms with Crippen LogP contribution in [0.3, 0.4) is 0 Å². The Morgan fingerprint density at radius 3 is 2.78 bits per heavy atom. The van der Waals surface area contributed by atoms with Crippen LogP contribution in [-0.2, 0) is 9.59 Å². The lowest BCUT2D eigenvalue weighted by Crippen LogP contribution is -2.49. The Labute approximate surface area is 216 Å². The average Bonchev–Trinajstić information content (AvgIpc) is 3.51. The lowest BCUT2D eigenvalue weighted by atomic mass is 9.72. The van der Waals surface area contributed by atoms with Gasteiger partial charge in [0.1, 0.15) is 23.5 Å². The predicted molar refractivity (Wildman–Crippen MR) is 138 cm³/mol. The molecule has 3 aliphatic rings. The summed E-state index contributed by atoms with van der Waals surface area (Å²) in [6, 6.07) is 8.13. The monoisotopic (exact) mass is 505 g/mol. The van der Waals surface area contributed by atoms with Crippen LogP contribution in [-0.4, -0.2) is 59.9 Å². The van der Waals surface area contributed by atoms with Crippen molar-refractivity contribution in [3.63, 3.8) is 0 Å². The first kappa shape index (κ1) is 25.1. The number of nitriles is 1. The van der Waals surface area contributed by atoms with Gasteiger partial charge in [-0.3, -0.25) is 14.4 Å². The molecule has 2 saturated heterocycles. The van der Waals surface area contributed by atoms with E-state index < -0.39 is 12.1 Å². The summed E-state index contributed by atoms with van der Waals surface area (Å²) >= 11 is 0. The number of benzene rings is 1. The molecule has 1 aromatic carbocycles. The Hall–Kier alpha value is -3.54. The molecule has 3 unspecified atom stereocenters. The highest BCUT2D eigenvalue weighted by Crippen LogP contribution is 2.46. The minimum atomic E-state index is -0.776. The van der Waals surface area contributed by atoms with Crippen LogP contribution < -0.4 is 15.4 Å². The van der Waals surface area contributed by atoms with E-state index in [0.717, 1.165) is 43.0 Å². The summed E-state index contributed by atoms with van der Waals surface area (Å²) in [6.07, 6.45) is 7.82. The number of likely N-dealkylation sites (tertiary alicyclic amines) is 1. The summed E-state index contributed by atoms with van der Waals surface area (Å²) in [6.45, 7) is 1.19. The zero-order valence-electron chi connectivity index (χ0n) is 21.3. The summed E-state index contributed by atoms with van der Waals surface area (Å²) in [5.41, 5.74) is 1.19. The predicted octanol–water partition coefficient (Wildman–Crippen LogP) is 3.27. The highest BCUT2D eigenvalue weighted by molar-refractivity contribution is 6.01. The summed E-state index contributed by atoms with van der Waals surface area (Å²) in [5, 5.41) is 16.3. The third-order valence-corrected chi connectivity index (χ3v) is 8.44. The molecule has 3 amide bonds. The van der Waals surface area contributed by atoms with Crippen molar-refractivity contribution < 1.29 is 19.1 Å². The molecule has 9 heteroatoms. The number of nitrogens with zero attached hydrogens (tertiary/aromatic N) is 2. The van der Waals surface area contributed by atoms with Gasteiger partial charge in [-0.15, -0.1) is 0 Å².